The van der Waals surface area contributed by atoms with E-state index in [2.05, 4.69) is 16.6 Å². The van der Waals surface area contributed by atoms with Crippen molar-refractivity contribution in [1.82, 2.24) is 0 Å². The van der Waals surface area contributed by atoms with Gasteiger partial charge in [-0.05, 0) is 17.7 Å². The van der Waals surface area contributed by atoms with Crippen molar-refractivity contribution in [2.45, 2.75) is 25.1 Å². The zero-order valence-electron chi connectivity index (χ0n) is 10.4. The summed E-state index contributed by atoms with van der Waals surface area (Å²) in [6.07, 6.45) is -14.9. The molecule has 0 bridgehead atoms. The molecule has 0 fully saturated rings. The summed E-state index contributed by atoms with van der Waals surface area (Å²) >= 11 is 0. The highest BCUT2D eigenvalue weighted by Gasteiger charge is 2.57. The Morgan fingerprint density at radius 2 is 1.71 bits per heavy atom. The third kappa shape index (κ3) is 5.65. The topological polar surface area (TPSA) is 29.5 Å². The first-order valence-electron chi connectivity index (χ1n) is 5.58. The van der Waals surface area contributed by atoms with Gasteiger partial charge in [0.05, 0.1) is 6.61 Å². The lowest BCUT2D eigenvalue weighted by molar-refractivity contribution is -0.324. The Hall–Kier alpha value is -1.72. The molecule has 0 atom stereocenters. The van der Waals surface area contributed by atoms with Crippen molar-refractivity contribution in [2.75, 3.05) is 6.61 Å². The largest absolute Gasteiger partial charge is 0.423 e. The number of ether oxygens (including phenoxy) is 1. The van der Waals surface area contributed by atoms with Crippen LogP contribution in [0.1, 0.15) is 11.1 Å². The van der Waals surface area contributed by atoms with E-state index in [0.29, 0.717) is 5.56 Å². The average molecular weight is 312 g/mol. The molecule has 116 valence electrons. The number of hydrogen-bond donors (Lipinski definition) is 1. The van der Waals surface area contributed by atoms with Crippen LogP contribution < -0.4 is 0 Å². The number of halogens is 6. The summed E-state index contributed by atoms with van der Waals surface area (Å²) in [5.74, 6) is 4.79. The molecule has 0 aliphatic carbocycles. The minimum atomic E-state index is -5.54. The Kier molecular flexibility index (Phi) is 5.63. The van der Waals surface area contributed by atoms with Crippen LogP contribution in [-0.4, -0.2) is 30.2 Å². The Balaban J connectivity index is 2.82. The Morgan fingerprint density at radius 3 is 2.24 bits per heavy atom. The SMILES string of the molecule is OCC#Cc1cccc(COC(C(F)(F)F)C(F)(F)F)c1. The molecule has 0 radical (unpaired) electrons. The molecule has 0 aliphatic heterocycles. The summed E-state index contributed by atoms with van der Waals surface area (Å²) in [4.78, 5) is 0. The predicted octanol–water partition coefficient (Wildman–Crippen LogP) is 3.04. The quantitative estimate of drug-likeness (QED) is 0.687. The molecule has 0 unspecified atom stereocenters. The van der Waals surface area contributed by atoms with Crippen molar-refractivity contribution in [3.05, 3.63) is 35.4 Å². The smallest absolute Gasteiger partial charge is 0.384 e. The van der Waals surface area contributed by atoms with Crippen LogP contribution in [0.3, 0.4) is 0 Å². The fraction of sp³-hybridized carbons (Fsp3) is 0.385. The maximum absolute atomic E-state index is 12.3. The monoisotopic (exact) mass is 312 g/mol. The van der Waals surface area contributed by atoms with Gasteiger partial charge in [0.1, 0.15) is 6.61 Å². The van der Waals surface area contributed by atoms with E-state index in [0.717, 1.165) is 0 Å². The average Bonchev–Trinajstić information content (AvgIpc) is 2.33. The number of alkyl halides is 6. The fourth-order valence-corrected chi connectivity index (χ4v) is 1.43. The molecule has 21 heavy (non-hydrogen) atoms. The third-order valence-electron chi connectivity index (χ3n) is 2.25. The molecule has 1 aromatic rings. The fourth-order valence-electron chi connectivity index (χ4n) is 1.43. The first-order chi connectivity index (χ1) is 9.64. The Labute approximate surface area is 116 Å². The molecule has 8 heteroatoms. The lowest BCUT2D eigenvalue weighted by Gasteiger charge is -2.23. The van der Waals surface area contributed by atoms with Gasteiger partial charge in [-0.15, -0.1) is 0 Å². The van der Waals surface area contributed by atoms with Gasteiger partial charge in [0.25, 0.3) is 0 Å². The summed E-state index contributed by atoms with van der Waals surface area (Å²) in [6, 6.07) is 5.51. The molecule has 0 spiro atoms. The first kappa shape index (κ1) is 17.3. The third-order valence-corrected chi connectivity index (χ3v) is 2.25. The van der Waals surface area contributed by atoms with Crippen molar-refractivity contribution in [1.29, 1.82) is 0 Å². The second-order valence-corrected chi connectivity index (χ2v) is 3.93. The van der Waals surface area contributed by atoms with E-state index in [-0.39, 0.29) is 5.56 Å². The normalized spacial score (nSPS) is 12.2. The van der Waals surface area contributed by atoms with E-state index >= 15 is 0 Å². The van der Waals surface area contributed by atoms with Crippen LogP contribution in [-0.2, 0) is 11.3 Å². The van der Waals surface area contributed by atoms with Crippen LogP contribution in [0.15, 0.2) is 24.3 Å². The molecule has 1 rings (SSSR count). The highest BCUT2D eigenvalue weighted by molar-refractivity contribution is 5.36. The maximum Gasteiger partial charge on any atom is 0.423 e. The standard InChI is InChI=1S/C13H10F6O2/c14-12(15,16)11(13(17,18)19)21-8-10-4-1-3-9(7-10)5-2-6-20/h1,3-4,7,11,20H,6,8H2. The van der Waals surface area contributed by atoms with Gasteiger partial charge in [-0.25, -0.2) is 0 Å². The lowest BCUT2D eigenvalue weighted by Crippen LogP contribution is -2.44. The summed E-state index contributed by atoms with van der Waals surface area (Å²) < 4.78 is 77.6. The molecule has 0 amide bonds. The van der Waals surface area contributed by atoms with Crippen molar-refractivity contribution in [3.8, 4) is 11.8 Å². The van der Waals surface area contributed by atoms with E-state index in [1.54, 1.807) is 0 Å². The number of hydrogen-bond acceptors (Lipinski definition) is 2. The zero-order valence-corrected chi connectivity index (χ0v) is 10.4. The summed E-state index contributed by atoms with van der Waals surface area (Å²) in [5.41, 5.74) is 0.457. The van der Waals surface area contributed by atoms with Gasteiger partial charge >= 0.3 is 12.4 Å². The Morgan fingerprint density at radius 1 is 1.10 bits per heavy atom. The van der Waals surface area contributed by atoms with E-state index < -0.39 is 31.7 Å². The van der Waals surface area contributed by atoms with E-state index in [1.165, 1.54) is 24.3 Å². The first-order valence-corrected chi connectivity index (χ1v) is 5.58. The molecule has 0 aliphatic rings. The van der Waals surface area contributed by atoms with E-state index in [4.69, 9.17) is 5.11 Å². The number of rotatable bonds is 3. The molecular weight excluding hydrogens is 302 g/mol. The predicted molar refractivity (Wildman–Crippen MR) is 61.1 cm³/mol. The molecule has 0 saturated heterocycles. The molecular formula is C13H10F6O2. The van der Waals surface area contributed by atoms with Gasteiger partial charge in [0, 0.05) is 5.56 Å². The van der Waals surface area contributed by atoms with Gasteiger partial charge in [-0.2, -0.15) is 26.3 Å². The zero-order chi connectivity index (χ0) is 16.1. The minimum Gasteiger partial charge on any atom is -0.384 e. The van der Waals surface area contributed by atoms with E-state index in [9.17, 15) is 26.3 Å². The highest BCUT2D eigenvalue weighted by atomic mass is 19.4. The molecule has 2 nitrogen and oxygen atoms in total. The van der Waals surface area contributed by atoms with Gasteiger partial charge in [0.15, 0.2) is 0 Å². The molecule has 1 aromatic carbocycles. The van der Waals surface area contributed by atoms with Crippen molar-refractivity contribution < 1.29 is 36.2 Å². The van der Waals surface area contributed by atoms with E-state index in [1.807, 2.05) is 0 Å². The Bertz CT molecular complexity index is 510. The molecule has 0 saturated carbocycles. The van der Waals surface area contributed by atoms with Crippen molar-refractivity contribution >= 4 is 0 Å². The van der Waals surface area contributed by atoms with Crippen LogP contribution >= 0.6 is 0 Å². The summed E-state index contributed by atoms with van der Waals surface area (Å²) in [7, 11) is 0. The number of aliphatic hydroxyl groups is 1. The van der Waals surface area contributed by atoms with Crippen molar-refractivity contribution in [2.24, 2.45) is 0 Å². The second kappa shape index (κ2) is 6.83. The minimum absolute atomic E-state index is 0.109. The van der Waals surface area contributed by atoms with Gasteiger partial charge in [0.2, 0.25) is 6.10 Å². The van der Waals surface area contributed by atoms with Crippen LogP contribution in [0.4, 0.5) is 26.3 Å². The molecule has 1 N–H and O–H groups in total. The molecule has 0 aromatic heterocycles. The highest BCUT2D eigenvalue weighted by Crippen LogP contribution is 2.36. The van der Waals surface area contributed by atoms with Crippen LogP contribution in [0.2, 0.25) is 0 Å². The van der Waals surface area contributed by atoms with Gasteiger partial charge in [-0.1, -0.05) is 24.0 Å². The van der Waals surface area contributed by atoms with Gasteiger partial charge in [-0.3, -0.25) is 0 Å². The van der Waals surface area contributed by atoms with Crippen LogP contribution in [0, 0.1) is 11.8 Å². The second-order valence-electron chi connectivity index (χ2n) is 3.93. The van der Waals surface area contributed by atoms with Crippen LogP contribution in [0.5, 0.6) is 0 Å². The lowest BCUT2D eigenvalue weighted by atomic mass is 10.1. The number of benzene rings is 1. The van der Waals surface area contributed by atoms with Gasteiger partial charge < -0.3 is 9.84 Å². The molecule has 0 heterocycles. The van der Waals surface area contributed by atoms with Crippen LogP contribution in [0.25, 0.3) is 0 Å². The summed E-state index contributed by atoms with van der Waals surface area (Å²) in [6.45, 7) is -1.27. The van der Waals surface area contributed by atoms with Crippen molar-refractivity contribution in [3.63, 3.8) is 0 Å². The summed E-state index contributed by atoms with van der Waals surface area (Å²) in [5, 5.41) is 8.50. The maximum atomic E-state index is 12.3. The number of aliphatic hydroxyl groups excluding tert-OH is 1.